The van der Waals surface area contributed by atoms with Gasteiger partial charge in [-0.2, -0.15) is 4.31 Å². The smallest absolute Gasteiger partial charge is 0.268 e. The number of hydrogen-bond acceptors (Lipinski definition) is 8. The summed E-state index contributed by atoms with van der Waals surface area (Å²) in [7, 11) is -3.83. The summed E-state index contributed by atoms with van der Waals surface area (Å²) >= 11 is 1.41. The van der Waals surface area contributed by atoms with Crippen LogP contribution in [0.2, 0.25) is 0 Å². The van der Waals surface area contributed by atoms with Crippen molar-refractivity contribution < 1.29 is 17.9 Å². The lowest BCUT2D eigenvalue weighted by Crippen LogP contribution is -2.36. The van der Waals surface area contributed by atoms with Crippen molar-refractivity contribution >= 4 is 38.3 Å². The average Bonchev–Trinajstić information content (AvgIpc) is 3.70. The number of nitrogens with two attached hydrogens (primary N) is 1. The quantitative estimate of drug-likeness (QED) is 0.200. The van der Waals surface area contributed by atoms with Gasteiger partial charge >= 0.3 is 0 Å². The lowest BCUT2D eigenvalue weighted by Gasteiger charge is -2.35. The van der Waals surface area contributed by atoms with Crippen LogP contribution in [-0.4, -0.2) is 51.3 Å². The fraction of sp³-hybridized carbons (Fsp3) is 0.371. The van der Waals surface area contributed by atoms with Crippen LogP contribution in [0, 0.1) is 13.8 Å². The molecule has 0 fully saturated rings. The molecule has 0 saturated heterocycles. The number of aryl methyl sites for hydroxylation is 3. The molecule has 0 saturated carbocycles. The summed E-state index contributed by atoms with van der Waals surface area (Å²) in [6.07, 6.45) is 0.389. The number of amides is 1. The molecule has 0 spiro atoms. The van der Waals surface area contributed by atoms with E-state index < -0.39 is 21.3 Å². The van der Waals surface area contributed by atoms with Crippen molar-refractivity contribution in [2.75, 3.05) is 6.54 Å². The molecule has 0 bridgehead atoms. The minimum Gasteiger partial charge on any atom is -0.488 e. The molecule has 47 heavy (non-hydrogen) atoms. The first-order valence-electron chi connectivity index (χ1n) is 15.8. The Morgan fingerprint density at radius 1 is 1.13 bits per heavy atom. The van der Waals surface area contributed by atoms with Crippen molar-refractivity contribution in [3.63, 3.8) is 0 Å². The van der Waals surface area contributed by atoms with E-state index >= 15 is 0 Å². The van der Waals surface area contributed by atoms with E-state index in [0.717, 1.165) is 43.9 Å². The minimum atomic E-state index is -3.83. The molecule has 6 rings (SSSR count). The molecule has 1 aliphatic heterocycles. The third-order valence-electron chi connectivity index (χ3n) is 9.30. The van der Waals surface area contributed by atoms with Crippen molar-refractivity contribution in [2.24, 2.45) is 5.73 Å². The lowest BCUT2D eigenvalue weighted by molar-refractivity contribution is 0.0996. The highest BCUT2D eigenvalue weighted by Gasteiger charge is 2.39. The Hall–Kier alpha value is -4.13. The van der Waals surface area contributed by atoms with E-state index in [0.29, 0.717) is 18.7 Å². The average molecular weight is 673 g/mol. The second-order valence-corrected chi connectivity index (χ2v) is 15.5. The van der Waals surface area contributed by atoms with Gasteiger partial charge in [0.25, 0.3) is 5.91 Å². The van der Waals surface area contributed by atoms with E-state index in [4.69, 9.17) is 10.5 Å². The van der Waals surface area contributed by atoms with Crippen LogP contribution in [0.1, 0.15) is 83.3 Å². The van der Waals surface area contributed by atoms with E-state index in [-0.39, 0.29) is 35.7 Å². The number of rotatable bonds is 9. The standard InChI is InChI=1S/C35H40N6O4S2/c1-7-25-19-40(47(43,44)30-12-10-9-11-29(30)45-25)18-24-17-23(14-13-21(24)3)31(35(5,6)34-37-27(20-46-34)33(36)42)26-15-16-28-32(22(26)4)38-39-41(28)8-2/h9-17,20,25,31H,7-8,18-19H2,1-6H3,(H2,36,42)/t25-,31+/m1/s1. The monoisotopic (exact) mass is 672 g/mol. The van der Waals surface area contributed by atoms with Gasteiger partial charge in [0.15, 0.2) is 0 Å². The van der Waals surface area contributed by atoms with Gasteiger partial charge in [0.05, 0.1) is 12.1 Å². The van der Waals surface area contributed by atoms with E-state index in [9.17, 15) is 13.2 Å². The van der Waals surface area contributed by atoms with Gasteiger partial charge in [-0.3, -0.25) is 4.79 Å². The van der Waals surface area contributed by atoms with Crippen LogP contribution in [0.25, 0.3) is 11.0 Å². The van der Waals surface area contributed by atoms with Crippen LogP contribution >= 0.6 is 11.3 Å². The van der Waals surface area contributed by atoms with Gasteiger partial charge in [0, 0.05) is 29.8 Å². The van der Waals surface area contributed by atoms with Crippen LogP contribution in [0.15, 0.2) is 64.9 Å². The highest BCUT2D eigenvalue weighted by atomic mass is 32.2. The van der Waals surface area contributed by atoms with Gasteiger partial charge in [-0.15, -0.1) is 16.4 Å². The van der Waals surface area contributed by atoms with Crippen molar-refractivity contribution in [1.82, 2.24) is 24.3 Å². The lowest BCUT2D eigenvalue weighted by atomic mass is 9.70. The summed E-state index contributed by atoms with van der Waals surface area (Å²) in [5.74, 6) is -0.419. The molecule has 0 unspecified atom stereocenters. The zero-order valence-corrected chi connectivity index (χ0v) is 29.2. The zero-order chi connectivity index (χ0) is 33.7. The molecule has 2 aromatic heterocycles. The number of nitrogens with zero attached hydrogens (tertiary/aromatic N) is 5. The molecule has 2 N–H and O–H groups in total. The van der Waals surface area contributed by atoms with Crippen molar-refractivity contribution in [3.8, 4) is 5.75 Å². The second kappa shape index (κ2) is 12.5. The van der Waals surface area contributed by atoms with Gasteiger partial charge in [-0.05, 0) is 73.2 Å². The fourth-order valence-electron chi connectivity index (χ4n) is 6.56. The molecule has 2 atom stereocenters. The Labute approximate surface area is 279 Å². The number of fused-ring (bicyclic) bond motifs is 2. The molecule has 12 heteroatoms. The first kappa shape index (κ1) is 32.8. The maximum atomic E-state index is 14.0. The number of sulfonamides is 1. The Kier molecular flexibility index (Phi) is 8.71. The van der Waals surface area contributed by atoms with Crippen molar-refractivity contribution in [2.45, 2.75) is 83.4 Å². The summed E-state index contributed by atoms with van der Waals surface area (Å²) in [5.41, 5.74) is 11.9. The van der Waals surface area contributed by atoms with Gasteiger partial charge < -0.3 is 10.5 Å². The molecule has 10 nitrogen and oxygen atoms in total. The molecular formula is C35H40N6O4S2. The molecule has 5 aromatic rings. The third-order valence-corrected chi connectivity index (χ3v) is 12.3. The first-order chi connectivity index (χ1) is 22.4. The first-order valence-corrected chi connectivity index (χ1v) is 18.1. The SMILES string of the molecule is CC[C@@H]1CN(Cc2cc([C@@H](c3ccc4c(nnn4CC)c3C)C(C)(C)c3nc(C(N)=O)cs3)ccc2C)S(=O)(=O)c2ccccc2O1. The van der Waals surface area contributed by atoms with Gasteiger partial charge in [-0.25, -0.2) is 18.1 Å². The van der Waals surface area contributed by atoms with Crippen LogP contribution in [0.4, 0.5) is 0 Å². The Morgan fingerprint density at radius 3 is 2.60 bits per heavy atom. The fourth-order valence-corrected chi connectivity index (χ4v) is 9.09. The summed E-state index contributed by atoms with van der Waals surface area (Å²) in [6, 6.07) is 17.3. The van der Waals surface area contributed by atoms with Crippen LogP contribution in [-0.2, 0) is 28.5 Å². The maximum Gasteiger partial charge on any atom is 0.268 e. The number of para-hydroxylation sites is 1. The zero-order valence-electron chi connectivity index (χ0n) is 27.5. The summed E-state index contributed by atoms with van der Waals surface area (Å²) < 4.78 is 37.6. The third kappa shape index (κ3) is 5.83. The largest absolute Gasteiger partial charge is 0.488 e. The highest BCUT2D eigenvalue weighted by molar-refractivity contribution is 7.89. The van der Waals surface area contributed by atoms with Crippen LogP contribution < -0.4 is 10.5 Å². The number of carbonyl (C=O) groups excluding carboxylic acids is 1. The predicted molar refractivity (Wildman–Crippen MR) is 183 cm³/mol. The Morgan fingerprint density at radius 2 is 1.89 bits per heavy atom. The number of aromatic nitrogens is 4. The van der Waals surface area contributed by atoms with E-state index in [1.807, 2.05) is 25.5 Å². The molecule has 0 radical (unpaired) electrons. The highest BCUT2D eigenvalue weighted by Crippen LogP contribution is 2.46. The molecule has 246 valence electrons. The topological polar surface area (TPSA) is 133 Å². The van der Waals surface area contributed by atoms with E-state index in [2.05, 4.69) is 66.4 Å². The normalized spacial score (nSPS) is 17.2. The molecular weight excluding hydrogens is 633 g/mol. The number of ether oxygens (including phenoxy) is 1. The summed E-state index contributed by atoms with van der Waals surface area (Å²) in [5, 5.41) is 11.4. The molecule has 3 aromatic carbocycles. The van der Waals surface area contributed by atoms with Crippen molar-refractivity contribution in [3.05, 3.63) is 98.5 Å². The molecule has 1 aliphatic rings. The van der Waals surface area contributed by atoms with Crippen LogP contribution in [0.3, 0.4) is 0 Å². The Balaban J connectivity index is 1.49. The molecule has 0 aliphatic carbocycles. The van der Waals surface area contributed by atoms with Gasteiger partial charge in [0.1, 0.15) is 33.0 Å². The number of primary amides is 1. The second-order valence-electron chi connectivity index (χ2n) is 12.7. The van der Waals surface area contributed by atoms with E-state index in [1.165, 1.54) is 11.3 Å². The van der Waals surface area contributed by atoms with Crippen LogP contribution in [0.5, 0.6) is 5.75 Å². The number of hydrogen-bond donors (Lipinski definition) is 1. The van der Waals surface area contributed by atoms with E-state index in [1.54, 1.807) is 34.0 Å². The van der Waals surface area contributed by atoms with Crippen molar-refractivity contribution in [1.29, 1.82) is 0 Å². The summed E-state index contributed by atoms with van der Waals surface area (Å²) in [4.78, 5) is 16.9. The molecule has 3 heterocycles. The number of benzene rings is 3. The predicted octanol–water partition coefficient (Wildman–Crippen LogP) is 6.10. The minimum absolute atomic E-state index is 0.182. The number of carbonyl (C=O) groups is 1. The van der Waals surface area contributed by atoms with Gasteiger partial charge in [-0.1, -0.05) is 62.4 Å². The number of thiazole rings is 1. The molecule has 1 amide bonds. The maximum absolute atomic E-state index is 14.0. The van der Waals surface area contributed by atoms with Gasteiger partial charge in [0.2, 0.25) is 10.0 Å². The summed E-state index contributed by atoms with van der Waals surface area (Å²) in [6.45, 7) is 13.5. The Bertz CT molecular complexity index is 2080.